The number of nitrogens with two attached hydrogens (primary N) is 1. The molecule has 2 atom stereocenters. The summed E-state index contributed by atoms with van der Waals surface area (Å²) in [6, 6.07) is 12.7. The van der Waals surface area contributed by atoms with Crippen molar-refractivity contribution >= 4 is 0 Å². The topological polar surface area (TPSA) is 38.0 Å². The highest BCUT2D eigenvalue weighted by atomic mass is 15.0. The van der Waals surface area contributed by atoms with Crippen LogP contribution in [0.1, 0.15) is 30.7 Å². The Bertz CT molecular complexity index is 330. The van der Waals surface area contributed by atoms with Gasteiger partial charge in [-0.05, 0) is 24.8 Å². The van der Waals surface area contributed by atoms with Crippen LogP contribution in [-0.4, -0.2) is 18.1 Å². The lowest BCUT2D eigenvalue weighted by Crippen LogP contribution is -2.49. The third kappa shape index (κ3) is 1.92. The van der Waals surface area contributed by atoms with Crippen LogP contribution in [0.3, 0.4) is 0 Å². The molecule has 2 saturated carbocycles. The molecule has 1 aromatic carbocycles. The van der Waals surface area contributed by atoms with Crippen LogP contribution < -0.4 is 11.1 Å². The summed E-state index contributed by atoms with van der Waals surface area (Å²) in [5.74, 6) is 0.753. The zero-order chi connectivity index (χ0) is 10.3. The van der Waals surface area contributed by atoms with Crippen LogP contribution in [0.15, 0.2) is 30.3 Å². The molecule has 0 spiro atoms. The van der Waals surface area contributed by atoms with Crippen LogP contribution >= 0.6 is 0 Å². The molecule has 2 aliphatic carbocycles. The summed E-state index contributed by atoms with van der Waals surface area (Å²) in [4.78, 5) is 0. The van der Waals surface area contributed by atoms with Crippen molar-refractivity contribution in [3.05, 3.63) is 35.9 Å². The van der Waals surface area contributed by atoms with E-state index in [4.69, 9.17) is 5.73 Å². The Balaban J connectivity index is 1.52. The van der Waals surface area contributed by atoms with Crippen LogP contribution in [0.4, 0.5) is 0 Å². The van der Waals surface area contributed by atoms with Crippen molar-refractivity contribution in [3.8, 4) is 0 Å². The lowest BCUT2D eigenvalue weighted by atomic mass is 9.87. The van der Waals surface area contributed by atoms with Gasteiger partial charge in [-0.1, -0.05) is 30.3 Å². The fourth-order valence-electron chi connectivity index (χ4n) is 2.55. The summed E-state index contributed by atoms with van der Waals surface area (Å²) < 4.78 is 0. The first-order valence-electron chi connectivity index (χ1n) is 5.89. The van der Waals surface area contributed by atoms with Crippen molar-refractivity contribution in [1.82, 2.24) is 5.32 Å². The molecule has 2 nitrogen and oxygen atoms in total. The molecule has 0 amide bonds. The van der Waals surface area contributed by atoms with E-state index in [-0.39, 0.29) is 0 Å². The smallest absolute Gasteiger partial charge is 0.0145 e. The van der Waals surface area contributed by atoms with Crippen LogP contribution in [0.5, 0.6) is 0 Å². The predicted octanol–water partition coefficient (Wildman–Crippen LogP) is 1.62. The van der Waals surface area contributed by atoms with Crippen LogP contribution in [0.2, 0.25) is 0 Å². The van der Waals surface area contributed by atoms with Crippen LogP contribution in [0.25, 0.3) is 0 Å². The first-order valence-corrected chi connectivity index (χ1v) is 5.89. The molecule has 2 fully saturated rings. The third-order valence-electron chi connectivity index (χ3n) is 3.64. The van der Waals surface area contributed by atoms with Crippen molar-refractivity contribution in [1.29, 1.82) is 0 Å². The summed E-state index contributed by atoms with van der Waals surface area (Å²) in [7, 11) is 0. The lowest BCUT2D eigenvalue weighted by Gasteiger charge is -2.33. The standard InChI is InChI=1S/C13H18N2/c14-10-6-11(7-10)15-13-8-12(13)9-4-2-1-3-5-9/h1-5,10-13,15H,6-8,14H2/t10-,11+,12-,13+/m0/s1. The van der Waals surface area contributed by atoms with Gasteiger partial charge in [0.1, 0.15) is 0 Å². The predicted molar refractivity (Wildman–Crippen MR) is 61.7 cm³/mol. The van der Waals surface area contributed by atoms with Crippen molar-refractivity contribution in [2.75, 3.05) is 0 Å². The molecule has 0 heterocycles. The highest BCUT2D eigenvalue weighted by Crippen LogP contribution is 2.41. The molecule has 3 N–H and O–H groups in total. The normalized spacial score (nSPS) is 38.5. The average molecular weight is 202 g/mol. The van der Waals surface area contributed by atoms with Gasteiger partial charge in [0, 0.05) is 24.0 Å². The highest BCUT2D eigenvalue weighted by molar-refractivity contribution is 5.27. The van der Waals surface area contributed by atoms with E-state index in [0.717, 1.165) is 18.8 Å². The first-order chi connectivity index (χ1) is 7.33. The Labute approximate surface area is 90.9 Å². The monoisotopic (exact) mass is 202 g/mol. The molecule has 80 valence electrons. The van der Waals surface area contributed by atoms with E-state index in [1.54, 1.807) is 0 Å². The number of hydrogen-bond donors (Lipinski definition) is 2. The summed E-state index contributed by atoms with van der Waals surface area (Å²) in [6.07, 6.45) is 3.63. The maximum absolute atomic E-state index is 5.77. The Morgan fingerprint density at radius 1 is 1.07 bits per heavy atom. The zero-order valence-electron chi connectivity index (χ0n) is 8.89. The molecule has 3 rings (SSSR count). The maximum Gasteiger partial charge on any atom is 0.0145 e. The minimum atomic E-state index is 0.455. The van der Waals surface area contributed by atoms with Crippen molar-refractivity contribution in [2.45, 2.75) is 43.3 Å². The second kappa shape index (κ2) is 3.62. The second-order valence-electron chi connectivity index (χ2n) is 4.95. The molecule has 2 aliphatic rings. The number of nitrogens with one attached hydrogen (secondary N) is 1. The molecule has 0 radical (unpaired) electrons. The summed E-state index contributed by atoms with van der Waals surface area (Å²) in [6.45, 7) is 0. The van der Waals surface area contributed by atoms with Crippen molar-refractivity contribution < 1.29 is 0 Å². The Morgan fingerprint density at radius 2 is 1.80 bits per heavy atom. The molecule has 15 heavy (non-hydrogen) atoms. The molecule has 0 aliphatic heterocycles. The Kier molecular flexibility index (Phi) is 2.26. The highest BCUT2D eigenvalue weighted by Gasteiger charge is 2.41. The van der Waals surface area contributed by atoms with E-state index in [9.17, 15) is 0 Å². The Hall–Kier alpha value is -0.860. The van der Waals surface area contributed by atoms with Gasteiger partial charge < -0.3 is 11.1 Å². The largest absolute Gasteiger partial charge is 0.328 e. The summed E-state index contributed by atoms with van der Waals surface area (Å²) in [5, 5.41) is 3.69. The van der Waals surface area contributed by atoms with E-state index in [2.05, 4.69) is 35.6 Å². The second-order valence-corrected chi connectivity index (χ2v) is 4.95. The van der Waals surface area contributed by atoms with Gasteiger partial charge in [0.05, 0.1) is 0 Å². The van der Waals surface area contributed by atoms with E-state index in [1.807, 2.05) is 0 Å². The molecule has 0 aromatic heterocycles. The Morgan fingerprint density at radius 3 is 2.47 bits per heavy atom. The fourth-order valence-corrected chi connectivity index (χ4v) is 2.55. The third-order valence-corrected chi connectivity index (χ3v) is 3.64. The molecule has 2 heteroatoms. The molecular formula is C13H18N2. The molecule has 0 saturated heterocycles. The summed E-state index contributed by atoms with van der Waals surface area (Å²) >= 11 is 0. The lowest BCUT2D eigenvalue weighted by molar-refractivity contribution is 0.289. The van der Waals surface area contributed by atoms with Gasteiger partial charge in [0.15, 0.2) is 0 Å². The van der Waals surface area contributed by atoms with Gasteiger partial charge in [-0.3, -0.25) is 0 Å². The van der Waals surface area contributed by atoms with Gasteiger partial charge in [0.2, 0.25) is 0 Å². The summed E-state index contributed by atoms with van der Waals surface area (Å²) in [5.41, 5.74) is 7.26. The quantitative estimate of drug-likeness (QED) is 0.781. The van der Waals surface area contributed by atoms with Crippen molar-refractivity contribution in [3.63, 3.8) is 0 Å². The number of hydrogen-bond acceptors (Lipinski definition) is 2. The molecular weight excluding hydrogens is 184 g/mol. The van der Waals surface area contributed by atoms with Crippen molar-refractivity contribution in [2.24, 2.45) is 5.73 Å². The van der Waals surface area contributed by atoms with Crippen LogP contribution in [0, 0.1) is 0 Å². The van der Waals surface area contributed by atoms with E-state index in [0.29, 0.717) is 18.1 Å². The SMILES string of the molecule is N[C@H]1C[C@@H](N[C@@H]2C[C@H]2c2ccccc2)C1. The van der Waals surface area contributed by atoms with E-state index < -0.39 is 0 Å². The van der Waals surface area contributed by atoms with Gasteiger partial charge in [-0.2, -0.15) is 0 Å². The van der Waals surface area contributed by atoms with Gasteiger partial charge in [0.25, 0.3) is 0 Å². The number of rotatable bonds is 3. The van der Waals surface area contributed by atoms with Gasteiger partial charge >= 0.3 is 0 Å². The van der Waals surface area contributed by atoms with E-state index >= 15 is 0 Å². The minimum Gasteiger partial charge on any atom is -0.328 e. The number of benzene rings is 1. The van der Waals surface area contributed by atoms with Gasteiger partial charge in [-0.15, -0.1) is 0 Å². The minimum absolute atomic E-state index is 0.455. The van der Waals surface area contributed by atoms with Crippen LogP contribution in [-0.2, 0) is 0 Å². The zero-order valence-corrected chi connectivity index (χ0v) is 8.89. The molecule has 0 bridgehead atoms. The fraction of sp³-hybridized carbons (Fsp3) is 0.538. The molecule has 1 aromatic rings. The average Bonchev–Trinajstić information content (AvgIpc) is 2.96. The molecule has 0 unspecified atom stereocenters. The maximum atomic E-state index is 5.77. The van der Waals surface area contributed by atoms with E-state index in [1.165, 1.54) is 12.0 Å². The van der Waals surface area contributed by atoms with Gasteiger partial charge in [-0.25, -0.2) is 0 Å². The first kappa shape index (κ1) is 9.37.